The van der Waals surface area contributed by atoms with Crippen molar-refractivity contribution in [2.24, 2.45) is 0 Å². The molecule has 0 unspecified atom stereocenters. The molecule has 0 atom stereocenters. The van der Waals surface area contributed by atoms with E-state index in [9.17, 15) is 9.59 Å². The summed E-state index contributed by atoms with van der Waals surface area (Å²) >= 11 is 1.32. The van der Waals surface area contributed by atoms with Gasteiger partial charge in [0.05, 0.1) is 17.7 Å². The summed E-state index contributed by atoms with van der Waals surface area (Å²) in [6, 6.07) is 5.92. The second-order valence-corrected chi connectivity index (χ2v) is 7.10. The summed E-state index contributed by atoms with van der Waals surface area (Å²) in [5.41, 5.74) is 3.35. The standard InChI is InChI=1S/C18H23N5O2S/c1-13-17(26-12-21-13)18(25)23-10-3-6-14-5-2-7-15(22-14)19-8-4-9-20-16(24)11-23/h2,5,7,12H,3-4,6,8-11H2,1H3,(H,19,22)(H,20,24). The molecule has 138 valence electrons. The van der Waals surface area contributed by atoms with E-state index in [0.717, 1.165) is 37.3 Å². The van der Waals surface area contributed by atoms with Crippen LogP contribution in [0.15, 0.2) is 23.7 Å². The normalized spacial score (nSPS) is 16.3. The quantitative estimate of drug-likeness (QED) is 0.797. The molecule has 3 rings (SSSR count). The second-order valence-electron chi connectivity index (χ2n) is 6.24. The molecule has 7 nitrogen and oxygen atoms in total. The van der Waals surface area contributed by atoms with Gasteiger partial charge in [0, 0.05) is 25.3 Å². The third kappa shape index (κ3) is 4.78. The first-order valence-electron chi connectivity index (χ1n) is 8.79. The van der Waals surface area contributed by atoms with E-state index in [-0.39, 0.29) is 18.4 Å². The molecule has 0 saturated carbocycles. The monoisotopic (exact) mass is 373 g/mol. The number of hydrogen-bond acceptors (Lipinski definition) is 6. The van der Waals surface area contributed by atoms with Crippen LogP contribution in [0.4, 0.5) is 5.82 Å². The zero-order valence-corrected chi connectivity index (χ0v) is 15.6. The van der Waals surface area contributed by atoms with Gasteiger partial charge in [-0.2, -0.15) is 0 Å². The Morgan fingerprint density at radius 2 is 2.08 bits per heavy atom. The summed E-state index contributed by atoms with van der Waals surface area (Å²) in [5, 5.41) is 6.16. The highest BCUT2D eigenvalue weighted by molar-refractivity contribution is 7.11. The van der Waals surface area contributed by atoms with Crippen molar-refractivity contribution in [3.63, 3.8) is 0 Å². The van der Waals surface area contributed by atoms with Crippen LogP contribution in [0.25, 0.3) is 0 Å². The number of carbonyl (C=O) groups excluding carboxylic acids is 2. The van der Waals surface area contributed by atoms with Crippen LogP contribution in [-0.4, -0.2) is 52.9 Å². The molecule has 0 spiro atoms. The molecule has 2 bridgehead atoms. The lowest BCUT2D eigenvalue weighted by Crippen LogP contribution is -2.41. The van der Waals surface area contributed by atoms with Crippen LogP contribution in [0.3, 0.4) is 0 Å². The molecule has 8 heteroatoms. The van der Waals surface area contributed by atoms with E-state index in [0.29, 0.717) is 23.7 Å². The van der Waals surface area contributed by atoms with Crippen molar-refractivity contribution in [1.82, 2.24) is 20.2 Å². The fourth-order valence-corrected chi connectivity index (χ4v) is 3.60. The molecule has 2 aromatic heterocycles. The van der Waals surface area contributed by atoms with E-state index in [1.54, 1.807) is 10.4 Å². The van der Waals surface area contributed by atoms with Crippen molar-refractivity contribution in [3.8, 4) is 0 Å². The average Bonchev–Trinajstić information content (AvgIpc) is 3.06. The molecule has 1 aliphatic heterocycles. The van der Waals surface area contributed by atoms with Gasteiger partial charge in [-0.05, 0) is 38.3 Å². The SMILES string of the molecule is Cc1ncsc1C(=O)N1CCCc2cccc(n2)NCCCNC(=O)C1. The van der Waals surface area contributed by atoms with Crippen LogP contribution in [0, 0.1) is 6.92 Å². The van der Waals surface area contributed by atoms with Gasteiger partial charge < -0.3 is 15.5 Å². The fraction of sp³-hybridized carbons (Fsp3) is 0.444. The Bertz CT molecular complexity index is 776. The van der Waals surface area contributed by atoms with E-state index in [4.69, 9.17) is 0 Å². The summed E-state index contributed by atoms with van der Waals surface area (Å²) in [6.07, 6.45) is 2.29. The van der Waals surface area contributed by atoms with Gasteiger partial charge in [0.25, 0.3) is 5.91 Å². The van der Waals surface area contributed by atoms with Crippen LogP contribution in [0.1, 0.15) is 33.9 Å². The first kappa shape index (κ1) is 18.3. The molecule has 2 aromatic rings. The molecule has 0 radical (unpaired) electrons. The third-order valence-corrected chi connectivity index (χ3v) is 5.13. The number of hydrogen-bond donors (Lipinski definition) is 2. The number of carbonyl (C=O) groups is 2. The zero-order chi connectivity index (χ0) is 18.4. The number of nitrogens with one attached hydrogen (secondary N) is 2. The molecular formula is C18H23N5O2S. The van der Waals surface area contributed by atoms with E-state index in [1.165, 1.54) is 11.3 Å². The molecule has 26 heavy (non-hydrogen) atoms. The number of amides is 2. The Kier molecular flexibility index (Phi) is 6.17. The van der Waals surface area contributed by atoms with Crippen LogP contribution in [0.2, 0.25) is 0 Å². The zero-order valence-electron chi connectivity index (χ0n) is 14.8. The molecule has 2 N–H and O–H groups in total. The number of anilines is 1. The lowest BCUT2D eigenvalue weighted by atomic mass is 10.2. The molecule has 0 aliphatic carbocycles. The number of aromatic nitrogens is 2. The molecule has 2 amide bonds. The van der Waals surface area contributed by atoms with Crippen molar-refractivity contribution in [3.05, 3.63) is 40.0 Å². The average molecular weight is 373 g/mol. The van der Waals surface area contributed by atoms with E-state index < -0.39 is 0 Å². The van der Waals surface area contributed by atoms with Crippen LogP contribution in [0.5, 0.6) is 0 Å². The number of fused-ring (bicyclic) bond motifs is 2. The van der Waals surface area contributed by atoms with Crippen LogP contribution >= 0.6 is 11.3 Å². The van der Waals surface area contributed by atoms with Crippen LogP contribution in [-0.2, 0) is 11.2 Å². The van der Waals surface area contributed by atoms with Crippen molar-refractivity contribution < 1.29 is 9.59 Å². The molecule has 0 fully saturated rings. The topological polar surface area (TPSA) is 87.2 Å². The highest BCUT2D eigenvalue weighted by Crippen LogP contribution is 2.16. The minimum absolute atomic E-state index is 0.0665. The number of thiazole rings is 1. The predicted octanol–water partition coefficient (Wildman–Crippen LogP) is 1.85. The smallest absolute Gasteiger partial charge is 0.266 e. The predicted molar refractivity (Wildman–Crippen MR) is 101 cm³/mol. The summed E-state index contributed by atoms with van der Waals surface area (Å²) < 4.78 is 0. The number of aryl methyl sites for hydroxylation is 2. The molecular weight excluding hydrogens is 350 g/mol. The molecule has 1 aliphatic rings. The Balaban J connectivity index is 1.75. The molecule has 3 heterocycles. The molecule has 0 aromatic carbocycles. The summed E-state index contributed by atoms with van der Waals surface area (Å²) in [4.78, 5) is 36.0. The lowest BCUT2D eigenvalue weighted by Gasteiger charge is -2.22. The van der Waals surface area contributed by atoms with Gasteiger partial charge in [-0.1, -0.05) is 6.07 Å². The van der Waals surface area contributed by atoms with Gasteiger partial charge in [-0.3, -0.25) is 9.59 Å². The first-order chi connectivity index (χ1) is 12.6. The second kappa shape index (κ2) is 8.75. The summed E-state index contributed by atoms with van der Waals surface area (Å²) in [5.74, 6) is 0.587. The largest absolute Gasteiger partial charge is 0.370 e. The Hall–Kier alpha value is -2.48. The highest BCUT2D eigenvalue weighted by atomic mass is 32.1. The minimum atomic E-state index is -0.130. The van der Waals surface area contributed by atoms with Gasteiger partial charge >= 0.3 is 0 Å². The Morgan fingerprint density at radius 3 is 2.88 bits per heavy atom. The first-order valence-corrected chi connectivity index (χ1v) is 9.67. The fourth-order valence-electron chi connectivity index (χ4n) is 2.83. The van der Waals surface area contributed by atoms with Gasteiger partial charge in [-0.15, -0.1) is 11.3 Å². The summed E-state index contributed by atoms with van der Waals surface area (Å²) in [6.45, 7) is 3.68. The maximum Gasteiger partial charge on any atom is 0.266 e. The third-order valence-electron chi connectivity index (χ3n) is 4.21. The van der Waals surface area contributed by atoms with Crippen molar-refractivity contribution >= 4 is 29.0 Å². The lowest BCUT2D eigenvalue weighted by molar-refractivity contribution is -0.121. The Labute approximate surface area is 156 Å². The van der Waals surface area contributed by atoms with Gasteiger partial charge in [0.1, 0.15) is 10.7 Å². The maximum absolute atomic E-state index is 12.8. The number of nitrogens with zero attached hydrogens (tertiary/aromatic N) is 3. The maximum atomic E-state index is 12.8. The molecule has 0 saturated heterocycles. The van der Waals surface area contributed by atoms with Crippen molar-refractivity contribution in [1.29, 1.82) is 0 Å². The van der Waals surface area contributed by atoms with Crippen LogP contribution < -0.4 is 10.6 Å². The Morgan fingerprint density at radius 1 is 1.23 bits per heavy atom. The minimum Gasteiger partial charge on any atom is -0.370 e. The van der Waals surface area contributed by atoms with Crippen molar-refractivity contribution in [2.45, 2.75) is 26.2 Å². The van der Waals surface area contributed by atoms with Gasteiger partial charge in [0.15, 0.2) is 0 Å². The highest BCUT2D eigenvalue weighted by Gasteiger charge is 2.22. The van der Waals surface area contributed by atoms with Gasteiger partial charge in [-0.25, -0.2) is 9.97 Å². The summed E-state index contributed by atoms with van der Waals surface area (Å²) in [7, 11) is 0. The van der Waals surface area contributed by atoms with E-state index in [1.807, 2.05) is 25.1 Å². The van der Waals surface area contributed by atoms with E-state index in [2.05, 4.69) is 20.6 Å². The van der Waals surface area contributed by atoms with Crippen molar-refractivity contribution in [2.75, 3.05) is 31.5 Å². The number of rotatable bonds is 1. The van der Waals surface area contributed by atoms with Gasteiger partial charge in [0.2, 0.25) is 5.91 Å². The van der Waals surface area contributed by atoms with E-state index >= 15 is 0 Å². The number of pyridine rings is 1.